The smallest absolute Gasteiger partial charge is 0.230 e. The van der Waals surface area contributed by atoms with Gasteiger partial charge in [-0.1, -0.05) is 5.92 Å². The number of nitrogens with one attached hydrogen (secondary N) is 1. The minimum atomic E-state index is -0.875. The van der Waals surface area contributed by atoms with Crippen molar-refractivity contribution in [2.24, 2.45) is 0 Å². The lowest BCUT2D eigenvalue weighted by atomic mass is 9.99. The zero-order valence-electron chi connectivity index (χ0n) is 13.4. The SMILES string of the molecule is C#Cc1c(OCCOC)ncc2cncc(C(C#N)NC(C)=O)c12. The second-order valence-electron chi connectivity index (χ2n) is 4.88. The van der Waals surface area contributed by atoms with Crippen LogP contribution < -0.4 is 10.1 Å². The van der Waals surface area contributed by atoms with Gasteiger partial charge in [-0.25, -0.2) is 4.98 Å². The van der Waals surface area contributed by atoms with E-state index in [-0.39, 0.29) is 18.4 Å². The molecule has 1 atom stereocenters. The Balaban J connectivity index is 2.60. The van der Waals surface area contributed by atoms with Crippen LogP contribution in [0.25, 0.3) is 10.8 Å². The Hall–Kier alpha value is -3.16. The molecule has 7 heteroatoms. The van der Waals surface area contributed by atoms with E-state index in [0.29, 0.717) is 28.5 Å². The van der Waals surface area contributed by atoms with E-state index >= 15 is 0 Å². The Morgan fingerprint density at radius 1 is 1.42 bits per heavy atom. The molecule has 1 unspecified atom stereocenters. The molecule has 2 rings (SSSR count). The first-order valence-corrected chi connectivity index (χ1v) is 7.14. The minimum absolute atomic E-state index is 0.272. The molecule has 1 N–H and O–H groups in total. The van der Waals surface area contributed by atoms with Crippen LogP contribution in [0.1, 0.15) is 24.1 Å². The van der Waals surface area contributed by atoms with Gasteiger partial charge in [-0.3, -0.25) is 9.78 Å². The summed E-state index contributed by atoms with van der Waals surface area (Å²) in [6, 6.07) is 1.17. The maximum absolute atomic E-state index is 11.3. The normalized spacial score (nSPS) is 11.3. The van der Waals surface area contributed by atoms with Gasteiger partial charge in [-0.15, -0.1) is 6.42 Å². The van der Waals surface area contributed by atoms with E-state index in [0.717, 1.165) is 0 Å². The van der Waals surface area contributed by atoms with Crippen molar-refractivity contribution in [1.29, 1.82) is 5.26 Å². The molecule has 0 spiro atoms. The molecule has 0 saturated heterocycles. The van der Waals surface area contributed by atoms with Gasteiger partial charge in [0.1, 0.15) is 12.6 Å². The molecule has 0 aliphatic carbocycles. The molecule has 0 aliphatic heterocycles. The zero-order chi connectivity index (χ0) is 17.5. The minimum Gasteiger partial charge on any atom is -0.474 e. The summed E-state index contributed by atoms with van der Waals surface area (Å²) in [6.07, 6.45) is 10.3. The maximum atomic E-state index is 11.3. The third kappa shape index (κ3) is 3.60. The summed E-state index contributed by atoms with van der Waals surface area (Å²) in [7, 11) is 1.56. The fraction of sp³-hybridized carbons (Fsp3) is 0.294. The van der Waals surface area contributed by atoms with E-state index < -0.39 is 6.04 Å². The molecule has 24 heavy (non-hydrogen) atoms. The lowest BCUT2D eigenvalue weighted by Crippen LogP contribution is -2.25. The molecular formula is C17H16N4O3. The predicted octanol–water partition coefficient (Wildman–Crippen LogP) is 1.34. The first-order valence-electron chi connectivity index (χ1n) is 7.14. The van der Waals surface area contributed by atoms with Gasteiger partial charge in [0.05, 0.1) is 18.2 Å². The van der Waals surface area contributed by atoms with Crippen molar-refractivity contribution in [3.63, 3.8) is 0 Å². The number of carbonyl (C=O) groups excluding carboxylic acids is 1. The van der Waals surface area contributed by atoms with E-state index in [2.05, 4.69) is 21.2 Å². The van der Waals surface area contributed by atoms with Gasteiger partial charge in [0.25, 0.3) is 0 Å². The number of nitriles is 1. The number of terminal acetylenes is 1. The molecule has 0 radical (unpaired) electrons. The number of carbonyl (C=O) groups is 1. The first kappa shape index (κ1) is 17.2. The number of hydrogen-bond acceptors (Lipinski definition) is 6. The van der Waals surface area contributed by atoms with Crippen LogP contribution in [-0.4, -0.2) is 36.2 Å². The number of fused-ring (bicyclic) bond motifs is 1. The highest BCUT2D eigenvalue weighted by atomic mass is 16.5. The van der Waals surface area contributed by atoms with Crippen molar-refractivity contribution < 1.29 is 14.3 Å². The van der Waals surface area contributed by atoms with Gasteiger partial charge in [0.15, 0.2) is 0 Å². The van der Waals surface area contributed by atoms with Crippen molar-refractivity contribution >= 4 is 16.7 Å². The summed E-state index contributed by atoms with van der Waals surface area (Å²) in [5.74, 6) is 2.50. The first-order chi connectivity index (χ1) is 11.6. The molecular weight excluding hydrogens is 308 g/mol. The molecule has 122 valence electrons. The Bertz CT molecular complexity index is 836. The van der Waals surface area contributed by atoms with Crippen molar-refractivity contribution in [2.75, 3.05) is 20.3 Å². The molecule has 0 aromatic carbocycles. The zero-order valence-corrected chi connectivity index (χ0v) is 13.4. The average molecular weight is 324 g/mol. The number of amides is 1. The monoisotopic (exact) mass is 324 g/mol. The number of rotatable bonds is 6. The van der Waals surface area contributed by atoms with Gasteiger partial charge < -0.3 is 14.8 Å². The lowest BCUT2D eigenvalue weighted by Gasteiger charge is -2.15. The fourth-order valence-electron chi connectivity index (χ4n) is 2.25. The fourth-order valence-corrected chi connectivity index (χ4v) is 2.25. The van der Waals surface area contributed by atoms with Crippen LogP contribution >= 0.6 is 0 Å². The van der Waals surface area contributed by atoms with Crippen LogP contribution in [0.15, 0.2) is 18.6 Å². The summed E-state index contributed by atoms with van der Waals surface area (Å²) in [5.41, 5.74) is 0.906. The van der Waals surface area contributed by atoms with E-state index in [9.17, 15) is 10.1 Å². The van der Waals surface area contributed by atoms with E-state index in [4.69, 9.17) is 15.9 Å². The van der Waals surface area contributed by atoms with Crippen LogP contribution in [-0.2, 0) is 9.53 Å². The highest BCUT2D eigenvalue weighted by Crippen LogP contribution is 2.30. The standard InChI is InChI=1S/C17H16N4O3/c1-4-13-16-12(9-20-17(13)24-6-5-23-3)8-19-10-14(16)15(7-18)21-11(2)22/h1,8-10,15H,5-6H2,2-3H3,(H,21,22). The van der Waals surface area contributed by atoms with Crippen molar-refractivity contribution in [3.05, 3.63) is 29.7 Å². The predicted molar refractivity (Wildman–Crippen MR) is 87.0 cm³/mol. The average Bonchev–Trinajstić information content (AvgIpc) is 2.59. The molecule has 7 nitrogen and oxygen atoms in total. The van der Waals surface area contributed by atoms with Crippen LogP contribution in [0.2, 0.25) is 0 Å². The second kappa shape index (κ2) is 7.91. The van der Waals surface area contributed by atoms with Gasteiger partial charge in [-0.2, -0.15) is 5.26 Å². The Kier molecular flexibility index (Phi) is 5.67. The summed E-state index contributed by atoms with van der Waals surface area (Å²) >= 11 is 0. The largest absolute Gasteiger partial charge is 0.474 e. The Labute approximate surface area is 139 Å². The number of nitrogens with zero attached hydrogens (tertiary/aromatic N) is 3. The number of aromatic nitrogens is 2. The van der Waals surface area contributed by atoms with Crippen LogP contribution in [0.5, 0.6) is 5.88 Å². The van der Waals surface area contributed by atoms with Crippen LogP contribution in [0.4, 0.5) is 0 Å². The molecule has 0 saturated carbocycles. The second-order valence-corrected chi connectivity index (χ2v) is 4.88. The molecule has 0 bridgehead atoms. The van der Waals surface area contributed by atoms with Gasteiger partial charge >= 0.3 is 0 Å². The van der Waals surface area contributed by atoms with Crippen LogP contribution in [0.3, 0.4) is 0 Å². The maximum Gasteiger partial charge on any atom is 0.230 e. The highest BCUT2D eigenvalue weighted by molar-refractivity contribution is 5.92. The highest BCUT2D eigenvalue weighted by Gasteiger charge is 2.20. The number of ether oxygens (including phenoxy) is 2. The Morgan fingerprint density at radius 3 is 2.83 bits per heavy atom. The molecule has 2 aromatic rings. The Morgan fingerprint density at radius 2 is 2.21 bits per heavy atom. The van der Waals surface area contributed by atoms with E-state index in [1.807, 2.05) is 6.07 Å². The molecule has 0 fully saturated rings. The summed E-state index contributed by atoms with van der Waals surface area (Å²) in [6.45, 7) is 2.02. The third-order valence-electron chi connectivity index (χ3n) is 3.25. The molecule has 0 aliphatic rings. The van der Waals surface area contributed by atoms with Crippen molar-refractivity contribution in [1.82, 2.24) is 15.3 Å². The molecule has 1 amide bonds. The van der Waals surface area contributed by atoms with Crippen molar-refractivity contribution in [3.8, 4) is 24.3 Å². The van der Waals surface area contributed by atoms with Gasteiger partial charge in [0.2, 0.25) is 11.8 Å². The summed E-state index contributed by atoms with van der Waals surface area (Å²) < 4.78 is 10.5. The van der Waals surface area contributed by atoms with Gasteiger partial charge in [-0.05, 0) is 0 Å². The number of hydrogen-bond donors (Lipinski definition) is 1. The topological polar surface area (TPSA) is 97.1 Å². The lowest BCUT2D eigenvalue weighted by molar-refractivity contribution is -0.119. The van der Waals surface area contributed by atoms with E-state index in [1.54, 1.807) is 19.5 Å². The number of methoxy groups -OCH3 is 1. The molecule has 2 heterocycles. The summed E-state index contributed by atoms with van der Waals surface area (Å²) in [5, 5.41) is 13.2. The van der Waals surface area contributed by atoms with Gasteiger partial charge in [0, 0.05) is 49.0 Å². The third-order valence-corrected chi connectivity index (χ3v) is 3.25. The quantitative estimate of drug-likeness (QED) is 0.636. The number of pyridine rings is 2. The van der Waals surface area contributed by atoms with E-state index in [1.165, 1.54) is 13.1 Å². The summed E-state index contributed by atoms with van der Waals surface area (Å²) in [4.78, 5) is 19.6. The van der Waals surface area contributed by atoms with Crippen LogP contribution in [0, 0.1) is 23.7 Å². The van der Waals surface area contributed by atoms with Crippen molar-refractivity contribution in [2.45, 2.75) is 13.0 Å². The molecule has 2 aromatic heterocycles.